The van der Waals surface area contributed by atoms with Crippen LogP contribution in [0.15, 0.2) is 12.1 Å². The van der Waals surface area contributed by atoms with Gasteiger partial charge in [0, 0.05) is 29.2 Å². The minimum atomic E-state index is 0.0450. The maximum Gasteiger partial charge on any atom is 0.166 e. The Kier molecular flexibility index (Phi) is 7.13. The summed E-state index contributed by atoms with van der Waals surface area (Å²) in [7, 11) is 1.60. The second-order valence-corrected chi connectivity index (χ2v) is 5.37. The van der Waals surface area contributed by atoms with Gasteiger partial charge < -0.3 is 19.9 Å². The quantitative estimate of drug-likeness (QED) is 0.775. The van der Waals surface area contributed by atoms with Gasteiger partial charge in [-0.15, -0.1) is 0 Å². The second kappa shape index (κ2) is 8.35. The summed E-state index contributed by atoms with van der Waals surface area (Å²) in [4.78, 5) is 0. The summed E-state index contributed by atoms with van der Waals surface area (Å²) >= 11 is 6.11. The van der Waals surface area contributed by atoms with Crippen LogP contribution < -0.4 is 14.8 Å². The second-order valence-electron chi connectivity index (χ2n) is 4.93. The predicted molar refractivity (Wildman–Crippen MR) is 81.8 cm³/mol. The summed E-state index contributed by atoms with van der Waals surface area (Å²) in [5.41, 5.74) is 0.926. The van der Waals surface area contributed by atoms with Gasteiger partial charge in [0.15, 0.2) is 11.5 Å². The fraction of sp³-hybridized carbons (Fsp3) is 0.600. The van der Waals surface area contributed by atoms with Crippen LogP contribution in [-0.4, -0.2) is 31.0 Å². The molecule has 1 aromatic rings. The molecule has 5 heteroatoms. The summed E-state index contributed by atoms with van der Waals surface area (Å²) in [6.45, 7) is 6.63. The van der Waals surface area contributed by atoms with Crippen molar-refractivity contribution in [2.24, 2.45) is 0 Å². The van der Waals surface area contributed by atoms with Crippen LogP contribution in [0.5, 0.6) is 11.5 Å². The molecule has 0 spiro atoms. The lowest BCUT2D eigenvalue weighted by molar-refractivity contribution is 0.222. The molecular formula is C15H24ClNO3. The van der Waals surface area contributed by atoms with Crippen LogP contribution in [0.1, 0.15) is 32.8 Å². The highest BCUT2D eigenvalue weighted by Gasteiger charge is 2.15. The van der Waals surface area contributed by atoms with Gasteiger partial charge >= 0.3 is 0 Å². The Bertz CT molecular complexity index is 420. The van der Waals surface area contributed by atoms with Gasteiger partial charge in [-0.2, -0.15) is 0 Å². The highest BCUT2D eigenvalue weighted by Crippen LogP contribution is 2.35. The minimum Gasteiger partial charge on any atom is -0.493 e. The van der Waals surface area contributed by atoms with Crippen LogP contribution in [0.4, 0.5) is 0 Å². The first-order valence-electron chi connectivity index (χ1n) is 6.89. The van der Waals surface area contributed by atoms with Gasteiger partial charge in [-0.25, -0.2) is 0 Å². The SMILES string of the molecule is CCC(CO)NCc1cc(Cl)cc(OC)c1OC(C)C. The molecule has 0 radical (unpaired) electrons. The Morgan fingerprint density at radius 1 is 1.35 bits per heavy atom. The molecule has 0 fully saturated rings. The molecular weight excluding hydrogens is 278 g/mol. The van der Waals surface area contributed by atoms with E-state index < -0.39 is 0 Å². The highest BCUT2D eigenvalue weighted by atomic mass is 35.5. The smallest absolute Gasteiger partial charge is 0.166 e. The van der Waals surface area contributed by atoms with Gasteiger partial charge in [-0.3, -0.25) is 0 Å². The van der Waals surface area contributed by atoms with Crippen molar-refractivity contribution in [3.63, 3.8) is 0 Å². The molecule has 0 aromatic heterocycles. The van der Waals surface area contributed by atoms with Crippen molar-refractivity contribution in [1.82, 2.24) is 5.32 Å². The Morgan fingerprint density at radius 2 is 2.05 bits per heavy atom. The summed E-state index contributed by atoms with van der Waals surface area (Å²) < 4.78 is 11.2. The minimum absolute atomic E-state index is 0.0450. The summed E-state index contributed by atoms with van der Waals surface area (Å²) in [6.07, 6.45) is 0.901. The van der Waals surface area contributed by atoms with Crippen LogP contribution in [0.2, 0.25) is 5.02 Å². The van der Waals surface area contributed by atoms with E-state index in [2.05, 4.69) is 5.32 Å². The molecule has 0 saturated carbocycles. The monoisotopic (exact) mass is 301 g/mol. The number of methoxy groups -OCH3 is 1. The molecule has 1 atom stereocenters. The number of rotatable bonds is 8. The Hall–Kier alpha value is -0.970. The van der Waals surface area contributed by atoms with E-state index in [1.165, 1.54) is 0 Å². The van der Waals surface area contributed by atoms with Gasteiger partial charge in [0.05, 0.1) is 19.8 Å². The third-order valence-corrected chi connectivity index (χ3v) is 3.18. The number of hydrogen-bond acceptors (Lipinski definition) is 4. The molecule has 20 heavy (non-hydrogen) atoms. The van der Waals surface area contributed by atoms with Crippen molar-refractivity contribution in [2.75, 3.05) is 13.7 Å². The van der Waals surface area contributed by atoms with Crippen molar-refractivity contribution >= 4 is 11.6 Å². The molecule has 0 aliphatic carbocycles. The van der Waals surface area contributed by atoms with Crippen molar-refractivity contribution in [3.8, 4) is 11.5 Å². The standard InChI is InChI=1S/C15H24ClNO3/c1-5-13(9-18)17-8-11-6-12(16)7-14(19-4)15(11)20-10(2)3/h6-7,10,13,17-18H,5,8-9H2,1-4H3. The fourth-order valence-electron chi connectivity index (χ4n) is 1.87. The molecule has 2 N–H and O–H groups in total. The van der Waals surface area contributed by atoms with E-state index in [4.69, 9.17) is 21.1 Å². The van der Waals surface area contributed by atoms with E-state index in [1.807, 2.05) is 26.8 Å². The first-order chi connectivity index (χ1) is 9.51. The van der Waals surface area contributed by atoms with E-state index in [0.717, 1.165) is 12.0 Å². The normalized spacial score (nSPS) is 12.6. The number of aliphatic hydroxyl groups excluding tert-OH is 1. The van der Waals surface area contributed by atoms with E-state index >= 15 is 0 Å². The Labute approximate surface area is 126 Å². The fourth-order valence-corrected chi connectivity index (χ4v) is 2.10. The highest BCUT2D eigenvalue weighted by molar-refractivity contribution is 6.30. The van der Waals surface area contributed by atoms with Crippen molar-refractivity contribution < 1.29 is 14.6 Å². The van der Waals surface area contributed by atoms with Crippen molar-refractivity contribution in [1.29, 1.82) is 0 Å². The van der Waals surface area contributed by atoms with Gasteiger partial charge in [0.1, 0.15) is 0 Å². The summed E-state index contributed by atoms with van der Waals surface area (Å²) in [5, 5.41) is 13.1. The Morgan fingerprint density at radius 3 is 2.55 bits per heavy atom. The molecule has 0 saturated heterocycles. The Balaban J connectivity index is 2.99. The number of halogens is 1. The van der Waals surface area contributed by atoms with Gasteiger partial charge in [-0.05, 0) is 26.3 Å². The average molecular weight is 302 g/mol. The van der Waals surface area contributed by atoms with Gasteiger partial charge in [-0.1, -0.05) is 18.5 Å². The lowest BCUT2D eigenvalue weighted by Gasteiger charge is -2.20. The van der Waals surface area contributed by atoms with Crippen molar-refractivity contribution in [2.45, 2.75) is 45.9 Å². The lowest BCUT2D eigenvalue weighted by Crippen LogP contribution is -2.31. The largest absolute Gasteiger partial charge is 0.493 e. The van der Waals surface area contributed by atoms with Gasteiger partial charge in [0.2, 0.25) is 0 Å². The molecule has 0 amide bonds. The van der Waals surface area contributed by atoms with Crippen LogP contribution in [0, 0.1) is 0 Å². The zero-order chi connectivity index (χ0) is 15.1. The molecule has 0 bridgehead atoms. The topological polar surface area (TPSA) is 50.7 Å². The van der Waals surface area contributed by atoms with Crippen molar-refractivity contribution in [3.05, 3.63) is 22.7 Å². The van der Waals surface area contributed by atoms with Gasteiger partial charge in [0.25, 0.3) is 0 Å². The maximum atomic E-state index is 9.23. The number of benzene rings is 1. The first kappa shape index (κ1) is 17.1. The van der Waals surface area contributed by atoms with E-state index in [0.29, 0.717) is 23.1 Å². The predicted octanol–water partition coefficient (Wildman–Crippen LogP) is 3.00. The zero-order valence-electron chi connectivity index (χ0n) is 12.6. The molecule has 4 nitrogen and oxygen atoms in total. The van der Waals surface area contributed by atoms with Crippen LogP contribution in [0.3, 0.4) is 0 Å². The number of aliphatic hydroxyl groups is 1. The molecule has 0 heterocycles. The van der Waals surface area contributed by atoms with Crippen LogP contribution in [0.25, 0.3) is 0 Å². The van der Waals surface area contributed by atoms with E-state index in [9.17, 15) is 5.11 Å². The first-order valence-corrected chi connectivity index (χ1v) is 7.26. The summed E-state index contributed by atoms with van der Waals surface area (Å²) in [5.74, 6) is 1.33. The summed E-state index contributed by atoms with van der Waals surface area (Å²) in [6, 6.07) is 3.66. The molecule has 114 valence electrons. The number of hydrogen-bond donors (Lipinski definition) is 2. The molecule has 0 aliphatic heterocycles. The molecule has 0 aliphatic rings. The molecule has 1 aromatic carbocycles. The zero-order valence-corrected chi connectivity index (χ0v) is 13.3. The number of nitrogens with one attached hydrogen (secondary N) is 1. The number of ether oxygens (including phenoxy) is 2. The average Bonchev–Trinajstić information content (AvgIpc) is 2.41. The van der Waals surface area contributed by atoms with E-state index in [-0.39, 0.29) is 18.8 Å². The maximum absolute atomic E-state index is 9.23. The molecule has 1 unspecified atom stereocenters. The van der Waals surface area contributed by atoms with Crippen LogP contribution >= 0.6 is 11.6 Å². The molecule has 1 rings (SSSR count). The van der Waals surface area contributed by atoms with Crippen LogP contribution in [-0.2, 0) is 6.54 Å². The lowest BCUT2D eigenvalue weighted by atomic mass is 10.1. The van der Waals surface area contributed by atoms with E-state index in [1.54, 1.807) is 13.2 Å². The third kappa shape index (κ3) is 4.85. The third-order valence-electron chi connectivity index (χ3n) is 2.96.